The Bertz CT molecular complexity index is 762. The molecule has 1 fully saturated rings. The zero-order chi connectivity index (χ0) is 19.1. The van der Waals surface area contributed by atoms with Crippen molar-refractivity contribution in [2.24, 2.45) is 0 Å². The van der Waals surface area contributed by atoms with Crippen molar-refractivity contribution in [2.75, 3.05) is 42.9 Å². The van der Waals surface area contributed by atoms with Crippen LogP contribution in [0, 0.1) is 0 Å². The number of hydrogen-bond acceptors (Lipinski definition) is 5. The summed E-state index contributed by atoms with van der Waals surface area (Å²) in [7, 11) is 0. The summed E-state index contributed by atoms with van der Waals surface area (Å²) in [6.45, 7) is 5.87. The molecule has 6 nitrogen and oxygen atoms in total. The van der Waals surface area contributed by atoms with Crippen LogP contribution in [0.3, 0.4) is 0 Å². The summed E-state index contributed by atoms with van der Waals surface area (Å²) in [5.41, 5.74) is 1.54. The average Bonchev–Trinajstić information content (AvgIpc) is 2.71. The lowest BCUT2D eigenvalue weighted by atomic mass is 10.2. The van der Waals surface area contributed by atoms with Gasteiger partial charge in [0.05, 0.1) is 0 Å². The Hall–Kier alpha value is -2.34. The largest absolute Gasteiger partial charge is 0.368 e. The number of nitrogens with zero attached hydrogens (tertiary/aromatic N) is 4. The number of carbonyl (C=O) groups excluding carboxylic acids is 1. The molecule has 0 saturated carbocycles. The highest BCUT2D eigenvalue weighted by molar-refractivity contribution is 6.30. The molecule has 1 aliphatic heterocycles. The topological polar surface area (TPSA) is 61.4 Å². The van der Waals surface area contributed by atoms with Crippen LogP contribution in [0.15, 0.2) is 36.5 Å². The highest BCUT2D eigenvalue weighted by Gasteiger charge is 2.23. The standard InChI is InChI=1S/C20H26ClN5O/c1-2-3-4-9-22-20-23-10-8-18(24-20)19(27)26-13-11-25(12-14-26)17-7-5-6-16(21)15-17/h5-8,10,15H,2-4,9,11-14H2,1H3,(H,22,23,24). The molecule has 144 valence electrons. The van der Waals surface area contributed by atoms with E-state index in [1.165, 1.54) is 12.8 Å². The quantitative estimate of drug-likeness (QED) is 0.734. The molecule has 0 bridgehead atoms. The lowest BCUT2D eigenvalue weighted by molar-refractivity contribution is 0.0741. The first kappa shape index (κ1) is 19.4. The molecule has 27 heavy (non-hydrogen) atoms. The lowest BCUT2D eigenvalue weighted by Crippen LogP contribution is -2.49. The van der Waals surface area contributed by atoms with E-state index in [0.717, 1.165) is 36.8 Å². The number of halogens is 1. The molecule has 1 aliphatic rings. The van der Waals surface area contributed by atoms with Gasteiger partial charge in [0.2, 0.25) is 5.95 Å². The van der Waals surface area contributed by atoms with Gasteiger partial charge < -0.3 is 15.1 Å². The fraction of sp³-hybridized carbons (Fsp3) is 0.450. The first-order chi connectivity index (χ1) is 13.2. The van der Waals surface area contributed by atoms with Gasteiger partial charge >= 0.3 is 0 Å². The van der Waals surface area contributed by atoms with Crippen LogP contribution in [0.4, 0.5) is 11.6 Å². The Morgan fingerprint density at radius 2 is 2.00 bits per heavy atom. The van der Waals surface area contributed by atoms with E-state index in [0.29, 0.717) is 24.7 Å². The van der Waals surface area contributed by atoms with Crippen LogP contribution in [0.5, 0.6) is 0 Å². The minimum atomic E-state index is -0.0419. The number of nitrogens with one attached hydrogen (secondary N) is 1. The SMILES string of the molecule is CCCCCNc1nccc(C(=O)N2CCN(c3cccc(Cl)c3)CC2)n1. The summed E-state index contributed by atoms with van der Waals surface area (Å²) >= 11 is 6.08. The summed E-state index contributed by atoms with van der Waals surface area (Å²) in [5.74, 6) is 0.481. The molecule has 0 spiro atoms. The number of benzene rings is 1. The molecule has 1 saturated heterocycles. The Labute approximate surface area is 165 Å². The first-order valence-corrected chi connectivity index (χ1v) is 9.92. The van der Waals surface area contributed by atoms with Crippen molar-refractivity contribution in [1.82, 2.24) is 14.9 Å². The van der Waals surface area contributed by atoms with Crippen LogP contribution < -0.4 is 10.2 Å². The van der Waals surface area contributed by atoms with Crippen LogP contribution in [0.1, 0.15) is 36.7 Å². The number of amides is 1. The second-order valence-electron chi connectivity index (χ2n) is 6.66. The zero-order valence-electron chi connectivity index (χ0n) is 15.7. The molecule has 0 radical (unpaired) electrons. The van der Waals surface area contributed by atoms with E-state index in [-0.39, 0.29) is 5.91 Å². The highest BCUT2D eigenvalue weighted by atomic mass is 35.5. The molecule has 1 amide bonds. The van der Waals surface area contributed by atoms with Crippen LogP contribution in [0.25, 0.3) is 0 Å². The van der Waals surface area contributed by atoms with Gasteiger partial charge in [-0.25, -0.2) is 9.97 Å². The van der Waals surface area contributed by atoms with Crippen molar-refractivity contribution in [3.05, 3.63) is 47.2 Å². The maximum atomic E-state index is 12.8. The van der Waals surface area contributed by atoms with Gasteiger partial charge in [0.1, 0.15) is 5.69 Å². The van der Waals surface area contributed by atoms with E-state index in [9.17, 15) is 4.79 Å². The van der Waals surface area contributed by atoms with Gasteiger partial charge in [-0.15, -0.1) is 0 Å². The Kier molecular flexibility index (Phi) is 6.87. The number of anilines is 2. The summed E-state index contributed by atoms with van der Waals surface area (Å²) in [4.78, 5) is 25.5. The van der Waals surface area contributed by atoms with Crippen LogP contribution in [-0.4, -0.2) is 53.5 Å². The van der Waals surface area contributed by atoms with Gasteiger partial charge in [-0.3, -0.25) is 4.79 Å². The summed E-state index contributed by atoms with van der Waals surface area (Å²) < 4.78 is 0. The predicted molar refractivity (Wildman–Crippen MR) is 110 cm³/mol. The summed E-state index contributed by atoms with van der Waals surface area (Å²) in [6.07, 6.45) is 5.05. The van der Waals surface area contributed by atoms with Gasteiger partial charge in [-0.1, -0.05) is 37.4 Å². The maximum absolute atomic E-state index is 12.8. The second kappa shape index (κ2) is 9.55. The van der Waals surface area contributed by atoms with Crippen LogP contribution in [0.2, 0.25) is 5.02 Å². The van der Waals surface area contributed by atoms with E-state index in [2.05, 4.69) is 27.1 Å². The van der Waals surface area contributed by atoms with Gasteiger partial charge in [-0.05, 0) is 30.7 Å². The average molecular weight is 388 g/mol. The number of unbranched alkanes of at least 4 members (excludes halogenated alkanes) is 2. The third-order valence-corrected chi connectivity index (χ3v) is 4.91. The molecule has 0 aliphatic carbocycles. The van der Waals surface area contributed by atoms with Crippen molar-refractivity contribution >= 4 is 29.1 Å². The molecule has 1 N–H and O–H groups in total. The first-order valence-electron chi connectivity index (χ1n) is 9.54. The fourth-order valence-electron chi connectivity index (χ4n) is 3.14. The number of rotatable bonds is 7. The summed E-state index contributed by atoms with van der Waals surface area (Å²) in [5, 5.41) is 3.93. The van der Waals surface area contributed by atoms with Gasteiger partial charge in [0.15, 0.2) is 0 Å². The van der Waals surface area contributed by atoms with E-state index in [1.807, 2.05) is 29.2 Å². The number of carbonyl (C=O) groups is 1. The fourth-order valence-corrected chi connectivity index (χ4v) is 3.33. The molecule has 2 aromatic rings. The molecule has 0 unspecified atom stereocenters. The smallest absolute Gasteiger partial charge is 0.272 e. The third kappa shape index (κ3) is 5.32. The molecule has 7 heteroatoms. The van der Waals surface area contributed by atoms with Crippen molar-refractivity contribution in [3.63, 3.8) is 0 Å². The monoisotopic (exact) mass is 387 g/mol. The second-order valence-corrected chi connectivity index (χ2v) is 7.09. The van der Waals surface area contributed by atoms with Gasteiger partial charge in [0, 0.05) is 49.6 Å². The number of piperazine rings is 1. The van der Waals surface area contributed by atoms with Crippen molar-refractivity contribution < 1.29 is 4.79 Å². The molecular formula is C20H26ClN5O. The number of aromatic nitrogens is 2. The molecule has 1 aromatic carbocycles. The Morgan fingerprint density at radius 3 is 2.74 bits per heavy atom. The molecule has 3 rings (SSSR count). The van der Waals surface area contributed by atoms with Crippen molar-refractivity contribution in [2.45, 2.75) is 26.2 Å². The van der Waals surface area contributed by atoms with Crippen molar-refractivity contribution in [1.29, 1.82) is 0 Å². The van der Waals surface area contributed by atoms with Crippen LogP contribution >= 0.6 is 11.6 Å². The van der Waals surface area contributed by atoms with Crippen LogP contribution in [-0.2, 0) is 0 Å². The highest BCUT2D eigenvalue weighted by Crippen LogP contribution is 2.21. The number of hydrogen-bond donors (Lipinski definition) is 1. The normalized spacial score (nSPS) is 14.3. The van der Waals surface area contributed by atoms with E-state index in [4.69, 9.17) is 11.6 Å². The molecule has 2 heterocycles. The predicted octanol–water partition coefficient (Wildman–Crippen LogP) is 3.69. The minimum absolute atomic E-state index is 0.0419. The molecular weight excluding hydrogens is 362 g/mol. The summed E-state index contributed by atoms with van der Waals surface area (Å²) in [6, 6.07) is 9.51. The van der Waals surface area contributed by atoms with Gasteiger partial charge in [-0.2, -0.15) is 0 Å². The van der Waals surface area contributed by atoms with E-state index >= 15 is 0 Å². The minimum Gasteiger partial charge on any atom is -0.368 e. The van der Waals surface area contributed by atoms with Gasteiger partial charge in [0.25, 0.3) is 5.91 Å². The Balaban J connectivity index is 1.56. The molecule has 0 atom stereocenters. The van der Waals surface area contributed by atoms with E-state index < -0.39 is 0 Å². The Morgan fingerprint density at radius 1 is 1.19 bits per heavy atom. The van der Waals surface area contributed by atoms with Crippen molar-refractivity contribution in [3.8, 4) is 0 Å². The maximum Gasteiger partial charge on any atom is 0.272 e. The lowest BCUT2D eigenvalue weighted by Gasteiger charge is -2.36. The zero-order valence-corrected chi connectivity index (χ0v) is 16.5. The molecule has 1 aromatic heterocycles. The third-order valence-electron chi connectivity index (χ3n) is 4.68. The van der Waals surface area contributed by atoms with E-state index in [1.54, 1.807) is 12.3 Å².